The standard InChI is InChI=1S/C24H25N5O2/c25-13-16-10-11-28(15-16)24(31)20-14-26-29-22(30)12-21(27-23(20)29)19-8-6-18(7-9-19)17-4-2-1-3-5-17/h6-9,12,14,16-17,27H,1-5,10-11,15H2/t16-/m0/s1. The Bertz CT molecular complexity index is 1210. The Balaban J connectivity index is 1.46. The van der Waals surface area contributed by atoms with Gasteiger partial charge in [-0.1, -0.05) is 43.5 Å². The fraction of sp³-hybridized carbons (Fsp3) is 0.417. The average molecular weight is 415 g/mol. The number of H-pyrrole nitrogens is 1. The molecule has 3 heterocycles. The van der Waals surface area contributed by atoms with Gasteiger partial charge in [0.15, 0.2) is 5.65 Å². The van der Waals surface area contributed by atoms with Crippen LogP contribution >= 0.6 is 0 Å². The molecule has 0 unspecified atom stereocenters. The molecule has 1 atom stereocenters. The lowest BCUT2D eigenvalue weighted by molar-refractivity contribution is 0.0791. The van der Waals surface area contributed by atoms with Gasteiger partial charge in [-0.2, -0.15) is 14.9 Å². The Morgan fingerprint density at radius 1 is 1.13 bits per heavy atom. The van der Waals surface area contributed by atoms with Crippen LogP contribution in [0.2, 0.25) is 0 Å². The summed E-state index contributed by atoms with van der Waals surface area (Å²) in [5.74, 6) is 0.289. The van der Waals surface area contributed by atoms with Crippen LogP contribution < -0.4 is 5.56 Å². The number of rotatable bonds is 3. The van der Waals surface area contributed by atoms with Gasteiger partial charge in [-0.25, -0.2) is 0 Å². The van der Waals surface area contributed by atoms with Crippen LogP contribution in [-0.2, 0) is 0 Å². The highest BCUT2D eigenvalue weighted by Crippen LogP contribution is 2.33. The summed E-state index contributed by atoms with van der Waals surface area (Å²) in [4.78, 5) is 30.6. The fourth-order valence-electron chi connectivity index (χ4n) is 4.89. The van der Waals surface area contributed by atoms with Crippen LogP contribution in [-0.4, -0.2) is 38.5 Å². The first-order valence-corrected chi connectivity index (χ1v) is 11.0. The predicted octanol–water partition coefficient (Wildman–Crippen LogP) is 3.72. The number of fused-ring (bicyclic) bond motifs is 1. The molecule has 2 aromatic heterocycles. The summed E-state index contributed by atoms with van der Waals surface area (Å²) in [6.07, 6.45) is 8.51. The lowest BCUT2D eigenvalue weighted by Gasteiger charge is -2.22. The SMILES string of the molecule is N#C[C@@H]1CCN(C(=O)c2cnn3c(=O)cc(-c4ccc(C5CCCCC5)cc4)[nH]c23)C1. The number of carbonyl (C=O) groups excluding carboxylic acids is 1. The monoisotopic (exact) mass is 415 g/mol. The van der Waals surface area contributed by atoms with E-state index in [-0.39, 0.29) is 17.4 Å². The van der Waals surface area contributed by atoms with Gasteiger partial charge in [0.05, 0.1) is 23.9 Å². The second-order valence-corrected chi connectivity index (χ2v) is 8.66. The topological polar surface area (TPSA) is 94.3 Å². The molecule has 1 saturated carbocycles. The maximum absolute atomic E-state index is 13.0. The van der Waals surface area contributed by atoms with Crippen LogP contribution in [0.4, 0.5) is 0 Å². The molecule has 1 N–H and O–H groups in total. The Kier molecular flexibility index (Phi) is 5.06. The molecule has 1 amide bonds. The van der Waals surface area contributed by atoms with E-state index in [4.69, 9.17) is 5.26 Å². The minimum absolute atomic E-state index is 0.136. The van der Waals surface area contributed by atoms with E-state index in [0.717, 1.165) is 5.56 Å². The van der Waals surface area contributed by atoms with E-state index in [1.165, 1.54) is 54.4 Å². The zero-order valence-electron chi connectivity index (χ0n) is 17.4. The molecule has 1 saturated heterocycles. The van der Waals surface area contributed by atoms with Crippen LogP contribution in [0.1, 0.15) is 60.4 Å². The third kappa shape index (κ3) is 3.63. The average Bonchev–Trinajstić information content (AvgIpc) is 3.47. The van der Waals surface area contributed by atoms with Crippen LogP contribution in [0.3, 0.4) is 0 Å². The molecule has 2 fully saturated rings. The number of carbonyl (C=O) groups is 1. The molecule has 7 nitrogen and oxygen atoms in total. The van der Waals surface area contributed by atoms with E-state index in [9.17, 15) is 9.59 Å². The normalized spacial score (nSPS) is 19.6. The molecular weight excluding hydrogens is 390 g/mol. The number of nitriles is 1. The Hall–Kier alpha value is -3.40. The minimum atomic E-state index is -0.282. The lowest BCUT2D eigenvalue weighted by atomic mass is 9.84. The molecule has 0 bridgehead atoms. The summed E-state index contributed by atoms with van der Waals surface area (Å²) >= 11 is 0. The number of aromatic nitrogens is 3. The molecule has 31 heavy (non-hydrogen) atoms. The Morgan fingerprint density at radius 3 is 2.61 bits per heavy atom. The first kappa shape index (κ1) is 19.6. The summed E-state index contributed by atoms with van der Waals surface area (Å²) in [7, 11) is 0. The minimum Gasteiger partial charge on any atom is -0.339 e. The second-order valence-electron chi connectivity index (χ2n) is 8.66. The number of nitrogens with one attached hydrogen (secondary N) is 1. The largest absolute Gasteiger partial charge is 0.339 e. The third-order valence-corrected chi connectivity index (χ3v) is 6.69. The zero-order valence-corrected chi connectivity index (χ0v) is 17.4. The number of hydrogen-bond acceptors (Lipinski definition) is 4. The fourth-order valence-corrected chi connectivity index (χ4v) is 4.89. The summed E-state index contributed by atoms with van der Waals surface area (Å²) in [5.41, 5.74) is 3.40. The van der Waals surface area contributed by atoms with Gasteiger partial charge in [0.2, 0.25) is 0 Å². The van der Waals surface area contributed by atoms with Crippen LogP contribution in [0, 0.1) is 17.2 Å². The van der Waals surface area contributed by atoms with Crippen LogP contribution in [0.5, 0.6) is 0 Å². The molecule has 158 valence electrons. The summed E-state index contributed by atoms with van der Waals surface area (Å²) in [5, 5.41) is 13.2. The highest BCUT2D eigenvalue weighted by molar-refractivity contribution is 6.00. The van der Waals surface area contributed by atoms with Crippen molar-refractivity contribution in [3.63, 3.8) is 0 Å². The third-order valence-electron chi connectivity index (χ3n) is 6.69. The van der Waals surface area contributed by atoms with Gasteiger partial charge in [0.1, 0.15) is 5.56 Å². The maximum Gasteiger partial charge on any atom is 0.274 e. The number of hydrogen-bond donors (Lipinski definition) is 1. The van der Waals surface area contributed by atoms with Crippen molar-refractivity contribution in [2.24, 2.45) is 5.92 Å². The number of likely N-dealkylation sites (tertiary alicyclic amines) is 1. The molecule has 5 rings (SSSR count). The molecular formula is C24H25N5O2. The van der Waals surface area contributed by atoms with Gasteiger partial charge in [0.25, 0.3) is 11.5 Å². The van der Waals surface area contributed by atoms with Gasteiger partial charge in [0, 0.05) is 19.2 Å². The molecule has 7 heteroatoms. The molecule has 1 aliphatic carbocycles. The predicted molar refractivity (Wildman–Crippen MR) is 117 cm³/mol. The molecule has 0 radical (unpaired) electrons. The van der Waals surface area contributed by atoms with Gasteiger partial charge >= 0.3 is 0 Å². The number of aromatic amines is 1. The Morgan fingerprint density at radius 2 is 1.90 bits per heavy atom. The van der Waals surface area contributed by atoms with Gasteiger partial charge in [-0.15, -0.1) is 0 Å². The zero-order chi connectivity index (χ0) is 21.4. The first-order valence-electron chi connectivity index (χ1n) is 11.0. The van der Waals surface area contributed by atoms with Crippen molar-refractivity contribution in [2.45, 2.75) is 44.4 Å². The van der Waals surface area contributed by atoms with Crippen molar-refractivity contribution in [1.29, 1.82) is 5.26 Å². The molecule has 3 aromatic rings. The van der Waals surface area contributed by atoms with Gasteiger partial charge in [-0.3, -0.25) is 9.59 Å². The first-order chi connectivity index (χ1) is 15.1. The van der Waals surface area contributed by atoms with Crippen LogP contribution in [0.15, 0.2) is 41.3 Å². The van der Waals surface area contributed by atoms with Crippen molar-refractivity contribution in [3.8, 4) is 17.3 Å². The lowest BCUT2D eigenvalue weighted by Crippen LogP contribution is -2.28. The van der Waals surface area contributed by atoms with Gasteiger partial charge < -0.3 is 9.88 Å². The smallest absolute Gasteiger partial charge is 0.274 e. The van der Waals surface area contributed by atoms with Crippen molar-refractivity contribution in [3.05, 3.63) is 58.0 Å². The maximum atomic E-state index is 13.0. The van der Waals surface area contributed by atoms with E-state index in [0.29, 0.717) is 42.3 Å². The van der Waals surface area contributed by atoms with E-state index >= 15 is 0 Å². The van der Waals surface area contributed by atoms with E-state index < -0.39 is 0 Å². The van der Waals surface area contributed by atoms with Gasteiger partial charge in [-0.05, 0) is 36.3 Å². The highest BCUT2D eigenvalue weighted by Gasteiger charge is 2.29. The van der Waals surface area contributed by atoms with Crippen molar-refractivity contribution in [2.75, 3.05) is 13.1 Å². The molecule has 0 spiro atoms. The van der Waals surface area contributed by atoms with Crippen molar-refractivity contribution in [1.82, 2.24) is 19.5 Å². The van der Waals surface area contributed by atoms with Crippen molar-refractivity contribution < 1.29 is 4.79 Å². The Labute approximate surface area is 180 Å². The quantitative estimate of drug-likeness (QED) is 0.705. The molecule has 1 aromatic carbocycles. The van der Waals surface area contributed by atoms with Crippen LogP contribution in [0.25, 0.3) is 16.9 Å². The van der Waals surface area contributed by atoms with E-state index in [2.05, 4.69) is 28.3 Å². The van der Waals surface area contributed by atoms with E-state index in [1.807, 2.05) is 12.1 Å². The summed E-state index contributed by atoms with van der Waals surface area (Å²) < 4.78 is 1.23. The summed E-state index contributed by atoms with van der Waals surface area (Å²) in [6.45, 7) is 0.959. The number of nitrogens with zero attached hydrogens (tertiary/aromatic N) is 4. The number of amides is 1. The van der Waals surface area contributed by atoms with E-state index in [1.54, 1.807) is 4.90 Å². The molecule has 1 aliphatic heterocycles. The highest BCUT2D eigenvalue weighted by atomic mass is 16.2. The van der Waals surface area contributed by atoms with Crippen molar-refractivity contribution >= 4 is 11.6 Å². The molecule has 2 aliphatic rings. The summed E-state index contributed by atoms with van der Waals surface area (Å²) in [6, 6.07) is 12.1. The second kappa shape index (κ2) is 8.03. The number of benzene rings is 1.